The number of benzene rings is 1. The van der Waals surface area contributed by atoms with Crippen molar-refractivity contribution < 1.29 is 0 Å². The van der Waals surface area contributed by atoms with E-state index in [1.807, 2.05) is 12.1 Å². The van der Waals surface area contributed by atoms with Gasteiger partial charge < -0.3 is 0 Å². The summed E-state index contributed by atoms with van der Waals surface area (Å²) in [6.45, 7) is 4.39. The van der Waals surface area contributed by atoms with Crippen LogP contribution < -0.4 is 0 Å². The highest BCUT2D eigenvalue weighted by molar-refractivity contribution is 7.99. The molecule has 0 aliphatic carbocycles. The van der Waals surface area contributed by atoms with Crippen molar-refractivity contribution in [1.29, 1.82) is 0 Å². The number of pyridine rings is 1. The van der Waals surface area contributed by atoms with E-state index in [2.05, 4.69) is 43.1 Å². The van der Waals surface area contributed by atoms with Gasteiger partial charge in [-0.15, -0.1) is 0 Å². The van der Waals surface area contributed by atoms with Crippen LogP contribution in [0.5, 0.6) is 0 Å². The summed E-state index contributed by atoms with van der Waals surface area (Å²) in [5.41, 5.74) is 1.36. The lowest BCUT2D eigenvalue weighted by Crippen LogP contribution is -1.86. The van der Waals surface area contributed by atoms with Crippen molar-refractivity contribution in [2.24, 2.45) is 0 Å². The highest BCUT2D eigenvalue weighted by atomic mass is 35.5. The van der Waals surface area contributed by atoms with Crippen molar-refractivity contribution >= 4 is 23.4 Å². The highest BCUT2D eigenvalue weighted by Gasteiger charge is 2.01. The number of halogens is 1. The lowest BCUT2D eigenvalue weighted by atomic mass is 10.0. The van der Waals surface area contributed by atoms with Gasteiger partial charge in [0.2, 0.25) is 0 Å². The second-order valence-corrected chi connectivity index (χ2v) is 5.67. The molecule has 0 bridgehead atoms. The fraction of sp³-hybridized carbons (Fsp3) is 0.214. The summed E-state index contributed by atoms with van der Waals surface area (Å²) in [5, 5.41) is 1.64. The molecule has 3 heteroatoms. The molecule has 0 unspecified atom stereocenters. The van der Waals surface area contributed by atoms with Gasteiger partial charge in [-0.05, 0) is 35.7 Å². The van der Waals surface area contributed by atoms with Gasteiger partial charge in [-0.3, -0.25) is 0 Å². The van der Waals surface area contributed by atoms with Crippen molar-refractivity contribution in [2.45, 2.75) is 29.7 Å². The second kappa shape index (κ2) is 5.56. The molecule has 0 N–H and O–H groups in total. The molecule has 0 amide bonds. The zero-order valence-corrected chi connectivity index (χ0v) is 11.4. The number of nitrogens with zero attached hydrogens (tertiary/aromatic N) is 1. The van der Waals surface area contributed by atoms with E-state index in [4.69, 9.17) is 11.6 Å². The van der Waals surface area contributed by atoms with E-state index >= 15 is 0 Å². The summed E-state index contributed by atoms with van der Waals surface area (Å²) in [6.07, 6.45) is 1.67. The standard InChI is InChI=1S/C14H14ClNS/c1-10(2)11-3-6-13(7-4-11)17-14-8-5-12(15)9-16-14/h3-10H,1-2H3. The van der Waals surface area contributed by atoms with Crippen LogP contribution in [0.4, 0.5) is 0 Å². The summed E-state index contributed by atoms with van der Waals surface area (Å²) in [6, 6.07) is 12.4. The normalized spacial score (nSPS) is 10.8. The van der Waals surface area contributed by atoms with Crippen LogP contribution in [0.25, 0.3) is 0 Å². The molecule has 0 aliphatic rings. The van der Waals surface area contributed by atoms with E-state index in [1.54, 1.807) is 18.0 Å². The molecule has 0 saturated carbocycles. The molecule has 17 heavy (non-hydrogen) atoms. The van der Waals surface area contributed by atoms with Crippen molar-refractivity contribution in [1.82, 2.24) is 4.98 Å². The van der Waals surface area contributed by atoms with E-state index in [0.29, 0.717) is 10.9 Å². The number of aromatic nitrogens is 1. The molecule has 0 saturated heterocycles. The molecule has 88 valence electrons. The summed E-state index contributed by atoms with van der Waals surface area (Å²) < 4.78 is 0. The minimum Gasteiger partial charge on any atom is -0.248 e. The Hall–Kier alpha value is -0.990. The third-order valence-electron chi connectivity index (χ3n) is 2.47. The lowest BCUT2D eigenvalue weighted by Gasteiger charge is -2.06. The minimum absolute atomic E-state index is 0.572. The molecule has 1 heterocycles. The van der Waals surface area contributed by atoms with E-state index in [1.165, 1.54) is 10.5 Å². The highest BCUT2D eigenvalue weighted by Crippen LogP contribution is 2.27. The van der Waals surface area contributed by atoms with Crippen LogP contribution in [-0.2, 0) is 0 Å². The zero-order valence-electron chi connectivity index (χ0n) is 9.85. The van der Waals surface area contributed by atoms with Crippen LogP contribution in [0.2, 0.25) is 5.02 Å². The predicted molar refractivity (Wildman–Crippen MR) is 73.9 cm³/mol. The Morgan fingerprint density at radius 3 is 2.29 bits per heavy atom. The monoisotopic (exact) mass is 263 g/mol. The number of hydrogen-bond donors (Lipinski definition) is 0. The van der Waals surface area contributed by atoms with Gasteiger partial charge in [-0.2, -0.15) is 0 Å². The predicted octanol–water partition coefficient (Wildman–Crippen LogP) is 5.01. The van der Waals surface area contributed by atoms with Gasteiger partial charge >= 0.3 is 0 Å². The fourth-order valence-electron chi connectivity index (χ4n) is 1.46. The molecule has 0 spiro atoms. The SMILES string of the molecule is CC(C)c1ccc(Sc2ccc(Cl)cn2)cc1. The molecular weight excluding hydrogens is 250 g/mol. The first kappa shape index (κ1) is 12.5. The Morgan fingerprint density at radius 2 is 1.76 bits per heavy atom. The van der Waals surface area contributed by atoms with Gasteiger partial charge in [-0.25, -0.2) is 4.98 Å². The van der Waals surface area contributed by atoms with Crippen LogP contribution in [0.3, 0.4) is 0 Å². The largest absolute Gasteiger partial charge is 0.248 e. The molecule has 0 aliphatic heterocycles. The van der Waals surface area contributed by atoms with Crippen LogP contribution in [0.15, 0.2) is 52.5 Å². The second-order valence-electron chi connectivity index (χ2n) is 4.14. The van der Waals surface area contributed by atoms with Crippen LogP contribution in [-0.4, -0.2) is 4.98 Å². The quantitative estimate of drug-likeness (QED) is 0.772. The average Bonchev–Trinajstić information content (AvgIpc) is 2.33. The molecule has 0 atom stereocenters. The van der Waals surface area contributed by atoms with E-state index in [0.717, 1.165) is 5.03 Å². The molecule has 2 aromatic rings. The summed E-state index contributed by atoms with van der Waals surface area (Å²) in [5.74, 6) is 0.572. The van der Waals surface area contributed by atoms with Gasteiger partial charge in [0, 0.05) is 11.1 Å². The zero-order chi connectivity index (χ0) is 12.3. The fourth-order valence-corrected chi connectivity index (χ4v) is 2.33. The third-order valence-corrected chi connectivity index (χ3v) is 3.65. The maximum absolute atomic E-state index is 5.80. The number of hydrogen-bond acceptors (Lipinski definition) is 2. The van der Waals surface area contributed by atoms with Gasteiger partial charge in [0.25, 0.3) is 0 Å². The summed E-state index contributed by atoms with van der Waals surface area (Å²) >= 11 is 7.45. The molecule has 1 aromatic heterocycles. The molecule has 0 fully saturated rings. The Balaban J connectivity index is 2.11. The van der Waals surface area contributed by atoms with Gasteiger partial charge in [0.15, 0.2) is 0 Å². The van der Waals surface area contributed by atoms with Crippen LogP contribution in [0, 0.1) is 0 Å². The maximum atomic E-state index is 5.80. The smallest absolute Gasteiger partial charge is 0.101 e. The van der Waals surface area contributed by atoms with Gasteiger partial charge in [0.1, 0.15) is 5.03 Å². The van der Waals surface area contributed by atoms with Gasteiger partial charge in [-0.1, -0.05) is 49.3 Å². The molecule has 1 aromatic carbocycles. The first-order valence-electron chi connectivity index (χ1n) is 5.54. The van der Waals surface area contributed by atoms with Gasteiger partial charge in [0.05, 0.1) is 5.02 Å². The van der Waals surface area contributed by atoms with Crippen molar-refractivity contribution in [2.75, 3.05) is 0 Å². The van der Waals surface area contributed by atoms with Crippen molar-refractivity contribution in [3.05, 3.63) is 53.2 Å². The van der Waals surface area contributed by atoms with Crippen LogP contribution >= 0.6 is 23.4 Å². The molecule has 2 rings (SSSR count). The minimum atomic E-state index is 0.572. The summed E-state index contributed by atoms with van der Waals surface area (Å²) in [7, 11) is 0. The Kier molecular flexibility index (Phi) is 4.08. The summed E-state index contributed by atoms with van der Waals surface area (Å²) in [4.78, 5) is 5.46. The Bertz CT molecular complexity index is 477. The molecule has 0 radical (unpaired) electrons. The van der Waals surface area contributed by atoms with Crippen LogP contribution in [0.1, 0.15) is 25.3 Å². The van der Waals surface area contributed by atoms with E-state index < -0.39 is 0 Å². The Labute approximate surface area is 111 Å². The lowest BCUT2D eigenvalue weighted by molar-refractivity contribution is 0.865. The van der Waals surface area contributed by atoms with Crippen molar-refractivity contribution in [3.8, 4) is 0 Å². The first-order valence-corrected chi connectivity index (χ1v) is 6.74. The maximum Gasteiger partial charge on any atom is 0.101 e. The Morgan fingerprint density at radius 1 is 1.06 bits per heavy atom. The topological polar surface area (TPSA) is 12.9 Å². The van der Waals surface area contributed by atoms with Crippen molar-refractivity contribution in [3.63, 3.8) is 0 Å². The molecule has 1 nitrogen and oxygen atoms in total. The molecular formula is C14H14ClNS. The van der Waals surface area contributed by atoms with E-state index in [9.17, 15) is 0 Å². The third kappa shape index (κ3) is 3.48. The first-order chi connectivity index (χ1) is 8.15. The average molecular weight is 264 g/mol. The van der Waals surface area contributed by atoms with E-state index in [-0.39, 0.29) is 0 Å². The number of rotatable bonds is 3.